The minimum absolute atomic E-state index is 0.219. The molecule has 25 heavy (non-hydrogen) atoms. The molecule has 4 nitrogen and oxygen atoms in total. The first-order chi connectivity index (χ1) is 12.1. The minimum atomic E-state index is -1.36. The molecule has 1 saturated carbocycles. The second kappa shape index (κ2) is 8.28. The predicted molar refractivity (Wildman–Crippen MR) is 95.4 cm³/mol. The summed E-state index contributed by atoms with van der Waals surface area (Å²) in [6, 6.07) is 6.51. The van der Waals surface area contributed by atoms with Crippen molar-refractivity contribution < 1.29 is 14.3 Å². The molecule has 1 aliphatic carbocycles. The molecule has 1 aromatic rings. The smallest absolute Gasteiger partial charge is 0.256 e. The highest BCUT2D eigenvalue weighted by Gasteiger charge is 2.42. The number of nitrogens with one attached hydrogen (secondary N) is 1. The zero-order chi connectivity index (χ0) is 17.7. The summed E-state index contributed by atoms with van der Waals surface area (Å²) < 4.78 is 13.9. The Hall–Kier alpha value is -1.46. The first kappa shape index (κ1) is 18.3. The molecule has 5 heteroatoms. The van der Waals surface area contributed by atoms with Crippen molar-refractivity contribution in [3.63, 3.8) is 0 Å². The van der Waals surface area contributed by atoms with Gasteiger partial charge in [-0.3, -0.25) is 4.79 Å². The molecule has 1 amide bonds. The fourth-order valence-electron chi connectivity index (χ4n) is 4.09. The van der Waals surface area contributed by atoms with Crippen molar-refractivity contribution in [1.82, 2.24) is 10.2 Å². The van der Waals surface area contributed by atoms with Crippen LogP contribution in [0.25, 0.3) is 0 Å². The lowest BCUT2D eigenvalue weighted by atomic mass is 9.88. The van der Waals surface area contributed by atoms with Gasteiger partial charge in [0, 0.05) is 25.2 Å². The molecule has 138 valence electrons. The lowest BCUT2D eigenvalue weighted by Gasteiger charge is -2.38. The van der Waals surface area contributed by atoms with Crippen LogP contribution in [0.3, 0.4) is 0 Å². The maximum absolute atomic E-state index is 13.9. The van der Waals surface area contributed by atoms with Gasteiger partial charge in [0.05, 0.1) is 0 Å². The monoisotopic (exact) mass is 348 g/mol. The van der Waals surface area contributed by atoms with Crippen molar-refractivity contribution in [2.24, 2.45) is 5.92 Å². The number of aliphatic hydroxyl groups is 1. The van der Waals surface area contributed by atoms with Crippen LogP contribution in [-0.4, -0.2) is 41.1 Å². The van der Waals surface area contributed by atoms with Gasteiger partial charge < -0.3 is 15.3 Å². The topological polar surface area (TPSA) is 52.6 Å². The highest BCUT2D eigenvalue weighted by molar-refractivity contribution is 5.86. The number of likely N-dealkylation sites (tertiary alicyclic amines) is 1. The predicted octanol–water partition coefficient (Wildman–Crippen LogP) is 2.85. The van der Waals surface area contributed by atoms with E-state index in [-0.39, 0.29) is 24.8 Å². The maximum Gasteiger partial charge on any atom is 0.256 e. The average molecular weight is 348 g/mol. The Morgan fingerprint density at radius 1 is 1.20 bits per heavy atom. The summed E-state index contributed by atoms with van der Waals surface area (Å²) in [6.45, 7) is 1.94. The zero-order valence-electron chi connectivity index (χ0n) is 14.8. The van der Waals surface area contributed by atoms with Crippen LogP contribution in [0.1, 0.15) is 50.5 Å². The van der Waals surface area contributed by atoms with Crippen molar-refractivity contribution in [3.8, 4) is 0 Å². The molecular formula is C20H29FN2O2. The van der Waals surface area contributed by atoms with Gasteiger partial charge in [0.2, 0.25) is 0 Å². The number of carbonyl (C=O) groups excluding carboxylic acids is 1. The van der Waals surface area contributed by atoms with E-state index in [1.807, 2.05) is 0 Å². The van der Waals surface area contributed by atoms with Gasteiger partial charge in [-0.25, -0.2) is 4.39 Å². The fourth-order valence-corrected chi connectivity index (χ4v) is 4.09. The third-order valence-corrected chi connectivity index (χ3v) is 5.60. The number of rotatable bonds is 6. The van der Waals surface area contributed by atoms with Gasteiger partial charge in [-0.2, -0.15) is 0 Å². The Kier molecular flexibility index (Phi) is 6.07. The largest absolute Gasteiger partial charge is 0.379 e. The Morgan fingerprint density at radius 2 is 1.96 bits per heavy atom. The summed E-state index contributed by atoms with van der Waals surface area (Å²) in [5, 5.41) is 14.2. The number of nitrogens with zero attached hydrogens (tertiary/aromatic N) is 1. The molecule has 1 heterocycles. The Morgan fingerprint density at radius 3 is 2.72 bits per heavy atom. The summed E-state index contributed by atoms with van der Waals surface area (Å²) in [5.74, 6) is 0.0727. The van der Waals surface area contributed by atoms with E-state index >= 15 is 0 Å². The summed E-state index contributed by atoms with van der Waals surface area (Å²) in [5.41, 5.74) is -0.867. The molecule has 3 rings (SSSR count). The summed E-state index contributed by atoms with van der Waals surface area (Å²) >= 11 is 0. The highest BCUT2D eigenvalue weighted by atomic mass is 19.1. The van der Waals surface area contributed by atoms with Crippen LogP contribution in [0.15, 0.2) is 24.3 Å². The maximum atomic E-state index is 13.9. The summed E-state index contributed by atoms with van der Waals surface area (Å²) in [4.78, 5) is 14.3. The molecule has 1 aliphatic heterocycles. The SMILES string of the molecule is O=C1N(Cc2ccccc2F)CCC[C@@]1(O)CNCC1CCCCC1. The molecule has 0 spiro atoms. The number of hydrogen-bond donors (Lipinski definition) is 2. The van der Waals surface area contributed by atoms with Gasteiger partial charge >= 0.3 is 0 Å². The van der Waals surface area contributed by atoms with Crippen LogP contribution in [0.5, 0.6) is 0 Å². The van der Waals surface area contributed by atoms with Crippen molar-refractivity contribution in [2.75, 3.05) is 19.6 Å². The molecule has 1 atom stereocenters. The molecular weight excluding hydrogens is 319 g/mol. The van der Waals surface area contributed by atoms with Gasteiger partial charge in [-0.1, -0.05) is 37.5 Å². The van der Waals surface area contributed by atoms with Crippen molar-refractivity contribution >= 4 is 5.91 Å². The van der Waals surface area contributed by atoms with Gasteiger partial charge in [0.25, 0.3) is 5.91 Å². The molecule has 0 aromatic heterocycles. The lowest BCUT2D eigenvalue weighted by molar-refractivity contribution is -0.157. The van der Waals surface area contributed by atoms with E-state index in [9.17, 15) is 14.3 Å². The molecule has 2 N–H and O–H groups in total. The van der Waals surface area contributed by atoms with Crippen LogP contribution in [0, 0.1) is 11.7 Å². The Balaban J connectivity index is 1.55. The quantitative estimate of drug-likeness (QED) is 0.831. The van der Waals surface area contributed by atoms with E-state index in [1.54, 1.807) is 23.1 Å². The first-order valence-corrected chi connectivity index (χ1v) is 9.54. The average Bonchev–Trinajstić information content (AvgIpc) is 2.62. The first-order valence-electron chi connectivity index (χ1n) is 9.54. The summed E-state index contributed by atoms with van der Waals surface area (Å²) in [6.07, 6.45) is 7.57. The van der Waals surface area contributed by atoms with Crippen LogP contribution in [-0.2, 0) is 11.3 Å². The standard InChI is InChI=1S/C20H29FN2O2/c21-18-10-5-4-9-17(18)14-23-12-6-11-20(25,19(23)24)15-22-13-16-7-2-1-3-8-16/h4-5,9-10,16,22,25H,1-3,6-8,11-15H2/t20-/m1/s1. The molecule has 1 aromatic carbocycles. The minimum Gasteiger partial charge on any atom is -0.379 e. The van der Waals surface area contributed by atoms with E-state index in [2.05, 4.69) is 5.32 Å². The number of piperidine rings is 1. The molecule has 2 fully saturated rings. The van der Waals surface area contributed by atoms with Crippen molar-refractivity contribution in [2.45, 2.75) is 57.1 Å². The fraction of sp³-hybridized carbons (Fsp3) is 0.650. The third kappa shape index (κ3) is 4.59. The molecule has 0 radical (unpaired) electrons. The lowest BCUT2D eigenvalue weighted by Crippen LogP contribution is -2.58. The number of halogens is 1. The third-order valence-electron chi connectivity index (χ3n) is 5.60. The Labute approximate surface area is 149 Å². The second-order valence-electron chi connectivity index (χ2n) is 7.59. The van der Waals surface area contributed by atoms with Gasteiger partial charge in [0.1, 0.15) is 5.82 Å². The van der Waals surface area contributed by atoms with E-state index in [4.69, 9.17) is 0 Å². The molecule has 0 bridgehead atoms. The van der Waals surface area contributed by atoms with Gasteiger partial charge in [-0.05, 0) is 44.2 Å². The second-order valence-corrected chi connectivity index (χ2v) is 7.59. The van der Waals surface area contributed by atoms with Crippen molar-refractivity contribution in [3.05, 3.63) is 35.6 Å². The highest BCUT2D eigenvalue weighted by Crippen LogP contribution is 2.26. The van der Waals surface area contributed by atoms with Crippen molar-refractivity contribution in [1.29, 1.82) is 0 Å². The van der Waals surface area contributed by atoms with E-state index in [0.717, 1.165) is 13.0 Å². The van der Waals surface area contributed by atoms with E-state index < -0.39 is 5.60 Å². The molecule has 1 saturated heterocycles. The van der Waals surface area contributed by atoms with Crippen LogP contribution < -0.4 is 5.32 Å². The number of hydrogen-bond acceptors (Lipinski definition) is 3. The van der Waals surface area contributed by atoms with Crippen LogP contribution >= 0.6 is 0 Å². The number of carbonyl (C=O) groups is 1. The zero-order valence-corrected chi connectivity index (χ0v) is 14.8. The van der Waals surface area contributed by atoms with Gasteiger partial charge in [0.15, 0.2) is 5.60 Å². The normalized spacial score (nSPS) is 25.4. The van der Waals surface area contributed by atoms with E-state index in [0.29, 0.717) is 24.4 Å². The number of benzene rings is 1. The van der Waals surface area contributed by atoms with Crippen LogP contribution in [0.4, 0.5) is 4.39 Å². The van der Waals surface area contributed by atoms with Crippen LogP contribution in [0.2, 0.25) is 0 Å². The summed E-state index contributed by atoms with van der Waals surface area (Å²) in [7, 11) is 0. The Bertz CT molecular complexity index is 589. The number of amides is 1. The molecule has 2 aliphatic rings. The van der Waals surface area contributed by atoms with Gasteiger partial charge in [-0.15, -0.1) is 0 Å². The molecule has 0 unspecified atom stereocenters. The van der Waals surface area contributed by atoms with E-state index in [1.165, 1.54) is 38.2 Å².